The van der Waals surface area contributed by atoms with Crippen molar-refractivity contribution in [2.75, 3.05) is 11.9 Å². The van der Waals surface area contributed by atoms with Crippen LogP contribution in [0.5, 0.6) is 5.75 Å². The van der Waals surface area contributed by atoms with Crippen molar-refractivity contribution in [1.82, 2.24) is 5.32 Å². The van der Waals surface area contributed by atoms with E-state index in [9.17, 15) is 4.79 Å². The lowest BCUT2D eigenvalue weighted by Crippen LogP contribution is -2.36. The molecule has 0 unspecified atom stereocenters. The van der Waals surface area contributed by atoms with Crippen LogP contribution in [-0.2, 0) is 4.79 Å². The van der Waals surface area contributed by atoms with Gasteiger partial charge in [-0.05, 0) is 51.0 Å². The van der Waals surface area contributed by atoms with E-state index in [-0.39, 0.29) is 12.0 Å². The van der Waals surface area contributed by atoms with Crippen LogP contribution < -0.4 is 15.4 Å². The largest absolute Gasteiger partial charge is 0.491 e. The summed E-state index contributed by atoms with van der Waals surface area (Å²) >= 11 is 0. The molecule has 0 bridgehead atoms. The molecule has 1 aliphatic rings. The van der Waals surface area contributed by atoms with Gasteiger partial charge in [0.15, 0.2) is 0 Å². The first-order chi connectivity index (χ1) is 10.6. The van der Waals surface area contributed by atoms with Crippen LogP contribution >= 0.6 is 0 Å². The average molecular weight is 304 g/mol. The Labute approximate surface area is 133 Å². The second kappa shape index (κ2) is 8.66. The molecule has 122 valence electrons. The van der Waals surface area contributed by atoms with Gasteiger partial charge >= 0.3 is 0 Å². The Balaban J connectivity index is 1.66. The van der Waals surface area contributed by atoms with Crippen molar-refractivity contribution in [3.8, 4) is 5.75 Å². The molecule has 4 heteroatoms. The van der Waals surface area contributed by atoms with Crippen molar-refractivity contribution in [1.29, 1.82) is 0 Å². The van der Waals surface area contributed by atoms with Crippen LogP contribution in [0.25, 0.3) is 0 Å². The average Bonchev–Trinajstić information content (AvgIpc) is 2.49. The highest BCUT2D eigenvalue weighted by Crippen LogP contribution is 2.18. The van der Waals surface area contributed by atoms with E-state index < -0.39 is 0 Å². The summed E-state index contributed by atoms with van der Waals surface area (Å²) < 4.78 is 5.60. The lowest BCUT2D eigenvalue weighted by molar-refractivity contribution is -0.121. The van der Waals surface area contributed by atoms with E-state index in [0.717, 1.165) is 24.3 Å². The number of nitrogens with one attached hydrogen (secondary N) is 2. The maximum Gasteiger partial charge on any atom is 0.221 e. The molecule has 2 N–H and O–H groups in total. The van der Waals surface area contributed by atoms with Gasteiger partial charge in [-0.15, -0.1) is 0 Å². The third kappa shape index (κ3) is 5.96. The van der Waals surface area contributed by atoms with Gasteiger partial charge in [-0.2, -0.15) is 0 Å². The Kier molecular flexibility index (Phi) is 6.56. The van der Waals surface area contributed by atoms with Crippen LogP contribution in [0.15, 0.2) is 24.3 Å². The molecule has 0 atom stereocenters. The van der Waals surface area contributed by atoms with E-state index in [1.807, 2.05) is 38.1 Å². The highest BCUT2D eigenvalue weighted by atomic mass is 16.5. The molecule has 22 heavy (non-hydrogen) atoms. The SMILES string of the molecule is CC(C)Oc1ccc(NCCC(=O)NC2CCCCC2)cc1. The molecule has 1 aliphatic carbocycles. The minimum Gasteiger partial charge on any atom is -0.491 e. The van der Waals surface area contributed by atoms with Gasteiger partial charge in [-0.1, -0.05) is 19.3 Å². The number of carbonyl (C=O) groups excluding carboxylic acids is 1. The van der Waals surface area contributed by atoms with E-state index in [0.29, 0.717) is 19.0 Å². The Morgan fingerprint density at radius 1 is 1.18 bits per heavy atom. The summed E-state index contributed by atoms with van der Waals surface area (Å²) in [6.07, 6.45) is 6.77. The highest BCUT2D eigenvalue weighted by Gasteiger charge is 2.15. The number of ether oxygens (including phenoxy) is 1. The van der Waals surface area contributed by atoms with Crippen molar-refractivity contribution in [3.63, 3.8) is 0 Å². The van der Waals surface area contributed by atoms with Gasteiger partial charge in [0.05, 0.1) is 6.10 Å². The van der Waals surface area contributed by atoms with Gasteiger partial charge in [0.25, 0.3) is 0 Å². The first-order valence-corrected chi connectivity index (χ1v) is 8.43. The predicted molar refractivity (Wildman–Crippen MR) is 90.3 cm³/mol. The quantitative estimate of drug-likeness (QED) is 0.807. The number of benzene rings is 1. The summed E-state index contributed by atoms with van der Waals surface area (Å²) in [4.78, 5) is 11.9. The lowest BCUT2D eigenvalue weighted by atomic mass is 9.95. The fourth-order valence-electron chi connectivity index (χ4n) is 2.79. The predicted octanol–water partition coefficient (Wildman–Crippen LogP) is 3.72. The second-order valence-electron chi connectivity index (χ2n) is 6.27. The Bertz CT molecular complexity index is 451. The second-order valence-corrected chi connectivity index (χ2v) is 6.27. The van der Waals surface area contributed by atoms with Gasteiger partial charge in [0.2, 0.25) is 5.91 Å². The number of amides is 1. The molecule has 0 spiro atoms. The first kappa shape index (κ1) is 16.7. The molecule has 0 aromatic heterocycles. The monoisotopic (exact) mass is 304 g/mol. The Morgan fingerprint density at radius 2 is 1.86 bits per heavy atom. The number of hydrogen-bond donors (Lipinski definition) is 2. The topological polar surface area (TPSA) is 50.4 Å². The molecule has 1 saturated carbocycles. The molecule has 0 saturated heterocycles. The zero-order valence-electron chi connectivity index (χ0n) is 13.7. The molecule has 0 aliphatic heterocycles. The molecular weight excluding hydrogens is 276 g/mol. The zero-order valence-corrected chi connectivity index (χ0v) is 13.7. The van der Waals surface area contributed by atoms with Gasteiger partial charge in [0, 0.05) is 24.7 Å². The number of hydrogen-bond acceptors (Lipinski definition) is 3. The number of rotatable bonds is 7. The molecule has 0 heterocycles. The molecule has 1 amide bonds. The minimum absolute atomic E-state index is 0.152. The van der Waals surface area contributed by atoms with Crippen LogP contribution in [0.4, 0.5) is 5.69 Å². The van der Waals surface area contributed by atoms with Crippen molar-refractivity contribution in [2.24, 2.45) is 0 Å². The summed E-state index contributed by atoms with van der Waals surface area (Å²) in [5, 5.41) is 6.41. The third-order valence-electron chi connectivity index (χ3n) is 3.88. The molecule has 1 aromatic carbocycles. The van der Waals surface area contributed by atoms with Crippen molar-refractivity contribution < 1.29 is 9.53 Å². The van der Waals surface area contributed by atoms with Gasteiger partial charge in [0.1, 0.15) is 5.75 Å². The zero-order chi connectivity index (χ0) is 15.8. The number of anilines is 1. The van der Waals surface area contributed by atoms with Gasteiger partial charge in [-0.25, -0.2) is 0 Å². The molecule has 1 aromatic rings. The normalized spacial score (nSPS) is 15.6. The van der Waals surface area contributed by atoms with Crippen molar-refractivity contribution in [3.05, 3.63) is 24.3 Å². The molecule has 2 rings (SSSR count). The van der Waals surface area contributed by atoms with E-state index >= 15 is 0 Å². The standard InChI is InChI=1S/C18H28N2O2/c1-14(2)22-17-10-8-15(9-11-17)19-13-12-18(21)20-16-6-4-3-5-7-16/h8-11,14,16,19H,3-7,12-13H2,1-2H3,(H,20,21). The summed E-state index contributed by atoms with van der Waals surface area (Å²) in [7, 11) is 0. The highest BCUT2D eigenvalue weighted by molar-refractivity contribution is 5.76. The first-order valence-electron chi connectivity index (χ1n) is 8.43. The summed E-state index contributed by atoms with van der Waals surface area (Å²) in [5.74, 6) is 1.02. The number of carbonyl (C=O) groups is 1. The minimum atomic E-state index is 0.152. The fourth-order valence-corrected chi connectivity index (χ4v) is 2.79. The van der Waals surface area contributed by atoms with E-state index in [2.05, 4.69) is 10.6 Å². The van der Waals surface area contributed by atoms with Crippen LogP contribution in [-0.4, -0.2) is 24.6 Å². The molecule has 4 nitrogen and oxygen atoms in total. The summed E-state index contributed by atoms with van der Waals surface area (Å²) in [6, 6.07) is 8.26. The van der Waals surface area contributed by atoms with Crippen molar-refractivity contribution >= 4 is 11.6 Å². The summed E-state index contributed by atoms with van der Waals surface area (Å²) in [6.45, 7) is 4.68. The van der Waals surface area contributed by atoms with Gasteiger partial charge < -0.3 is 15.4 Å². The van der Waals surface area contributed by atoms with E-state index in [1.54, 1.807) is 0 Å². The van der Waals surface area contributed by atoms with Crippen LogP contribution in [0.2, 0.25) is 0 Å². The van der Waals surface area contributed by atoms with Crippen LogP contribution in [0, 0.1) is 0 Å². The lowest BCUT2D eigenvalue weighted by Gasteiger charge is -2.22. The molecular formula is C18H28N2O2. The van der Waals surface area contributed by atoms with Crippen LogP contribution in [0.1, 0.15) is 52.4 Å². The summed E-state index contributed by atoms with van der Waals surface area (Å²) in [5.41, 5.74) is 1.02. The third-order valence-corrected chi connectivity index (χ3v) is 3.88. The van der Waals surface area contributed by atoms with E-state index in [1.165, 1.54) is 19.3 Å². The smallest absolute Gasteiger partial charge is 0.221 e. The molecule has 0 radical (unpaired) electrons. The van der Waals surface area contributed by atoms with Crippen LogP contribution in [0.3, 0.4) is 0 Å². The molecule has 1 fully saturated rings. The fraction of sp³-hybridized carbons (Fsp3) is 0.611. The Morgan fingerprint density at radius 3 is 2.50 bits per heavy atom. The maximum absolute atomic E-state index is 11.9. The Hall–Kier alpha value is -1.71. The van der Waals surface area contributed by atoms with E-state index in [4.69, 9.17) is 4.74 Å². The maximum atomic E-state index is 11.9. The van der Waals surface area contributed by atoms with Gasteiger partial charge in [-0.3, -0.25) is 4.79 Å². The van der Waals surface area contributed by atoms with Crippen molar-refractivity contribution in [2.45, 2.75) is 64.5 Å².